The Balaban J connectivity index is 1.78. The standard InChI is InChI=1S/C26H34N4O2/c1-5-27-26(32)30(19(2)3)18-25(31)29(17-21-12-10-20(4)11-13-21)15-14-22-16-28-24-9-7-6-8-23(22)24/h6-13,16,19,28H,5,14-15,17-18H2,1-4H3,(H,27,32). The molecular weight excluding hydrogens is 400 g/mol. The highest BCUT2D eigenvalue weighted by atomic mass is 16.2. The maximum absolute atomic E-state index is 13.4. The molecule has 6 nitrogen and oxygen atoms in total. The van der Waals surface area contributed by atoms with Gasteiger partial charge in [-0.05, 0) is 51.3 Å². The van der Waals surface area contributed by atoms with Crippen molar-refractivity contribution in [2.24, 2.45) is 0 Å². The van der Waals surface area contributed by atoms with Gasteiger partial charge in [0.05, 0.1) is 0 Å². The summed E-state index contributed by atoms with van der Waals surface area (Å²) < 4.78 is 0. The second-order valence-electron chi connectivity index (χ2n) is 8.47. The summed E-state index contributed by atoms with van der Waals surface area (Å²) >= 11 is 0. The molecule has 2 aromatic carbocycles. The number of aromatic amines is 1. The quantitative estimate of drug-likeness (QED) is 0.521. The van der Waals surface area contributed by atoms with Crippen molar-refractivity contribution in [2.75, 3.05) is 19.6 Å². The molecule has 3 amide bonds. The molecule has 6 heteroatoms. The van der Waals surface area contributed by atoms with Crippen molar-refractivity contribution in [1.82, 2.24) is 20.1 Å². The molecule has 0 saturated heterocycles. The third kappa shape index (κ3) is 5.90. The monoisotopic (exact) mass is 434 g/mol. The number of aryl methyl sites for hydroxylation is 1. The second kappa shape index (κ2) is 10.8. The predicted molar refractivity (Wildman–Crippen MR) is 130 cm³/mol. The van der Waals surface area contributed by atoms with E-state index >= 15 is 0 Å². The summed E-state index contributed by atoms with van der Waals surface area (Å²) in [4.78, 5) is 32.6. The number of para-hydroxylation sites is 1. The maximum Gasteiger partial charge on any atom is 0.318 e. The largest absolute Gasteiger partial charge is 0.361 e. The van der Waals surface area contributed by atoms with Gasteiger partial charge in [-0.1, -0.05) is 48.0 Å². The van der Waals surface area contributed by atoms with E-state index in [1.165, 1.54) is 16.5 Å². The number of urea groups is 1. The third-order valence-corrected chi connectivity index (χ3v) is 5.69. The van der Waals surface area contributed by atoms with Crippen LogP contribution in [0.4, 0.5) is 4.79 Å². The van der Waals surface area contributed by atoms with E-state index in [1.54, 1.807) is 4.90 Å². The van der Waals surface area contributed by atoms with E-state index < -0.39 is 0 Å². The van der Waals surface area contributed by atoms with Crippen LogP contribution in [0.5, 0.6) is 0 Å². The van der Waals surface area contributed by atoms with Crippen LogP contribution in [0.2, 0.25) is 0 Å². The van der Waals surface area contributed by atoms with Crippen LogP contribution in [-0.4, -0.2) is 52.4 Å². The minimum Gasteiger partial charge on any atom is -0.361 e. The molecule has 0 spiro atoms. The molecule has 3 aromatic rings. The SMILES string of the molecule is CCNC(=O)N(CC(=O)N(CCc1c[nH]c2ccccc12)Cc1ccc(C)cc1)C(C)C. The Kier molecular flexibility index (Phi) is 7.92. The Labute approximate surface area is 190 Å². The normalized spacial score (nSPS) is 11.0. The molecule has 0 atom stereocenters. The van der Waals surface area contributed by atoms with Crippen LogP contribution in [0, 0.1) is 6.92 Å². The molecular formula is C26H34N4O2. The van der Waals surface area contributed by atoms with E-state index in [2.05, 4.69) is 53.6 Å². The van der Waals surface area contributed by atoms with Crippen LogP contribution in [-0.2, 0) is 17.8 Å². The molecule has 170 valence electrons. The van der Waals surface area contributed by atoms with Gasteiger partial charge in [0.25, 0.3) is 0 Å². The molecule has 0 fully saturated rings. The van der Waals surface area contributed by atoms with Gasteiger partial charge in [-0.25, -0.2) is 4.79 Å². The smallest absolute Gasteiger partial charge is 0.318 e. The van der Waals surface area contributed by atoms with E-state index in [-0.39, 0.29) is 24.5 Å². The molecule has 0 unspecified atom stereocenters. The fraction of sp³-hybridized carbons (Fsp3) is 0.385. The number of nitrogens with one attached hydrogen (secondary N) is 2. The van der Waals surface area contributed by atoms with Gasteiger partial charge < -0.3 is 20.1 Å². The van der Waals surface area contributed by atoms with Gasteiger partial charge in [0.1, 0.15) is 6.54 Å². The first-order valence-corrected chi connectivity index (χ1v) is 11.3. The molecule has 0 bridgehead atoms. The first kappa shape index (κ1) is 23.4. The van der Waals surface area contributed by atoms with Gasteiger partial charge in [0, 0.05) is 42.8 Å². The predicted octanol–water partition coefficient (Wildman–Crippen LogP) is 4.49. The summed E-state index contributed by atoms with van der Waals surface area (Å²) in [5.74, 6) is -0.0506. The molecule has 32 heavy (non-hydrogen) atoms. The first-order chi connectivity index (χ1) is 15.4. The Hall–Kier alpha value is -3.28. The second-order valence-corrected chi connectivity index (χ2v) is 8.47. The maximum atomic E-state index is 13.4. The van der Waals surface area contributed by atoms with Crippen LogP contribution in [0.3, 0.4) is 0 Å². The molecule has 0 aliphatic rings. The zero-order chi connectivity index (χ0) is 23.1. The molecule has 0 saturated carbocycles. The van der Waals surface area contributed by atoms with E-state index in [1.807, 2.05) is 44.0 Å². The molecule has 0 radical (unpaired) electrons. The Morgan fingerprint density at radius 1 is 1.06 bits per heavy atom. The van der Waals surface area contributed by atoms with Crippen molar-refractivity contribution in [1.29, 1.82) is 0 Å². The molecule has 0 aliphatic carbocycles. The lowest BCUT2D eigenvalue weighted by atomic mass is 10.1. The minimum absolute atomic E-state index is 0.0506. The molecule has 2 N–H and O–H groups in total. The van der Waals surface area contributed by atoms with Crippen molar-refractivity contribution >= 4 is 22.8 Å². The molecule has 0 aliphatic heterocycles. The molecule has 1 aromatic heterocycles. The topological polar surface area (TPSA) is 68.4 Å². The average Bonchev–Trinajstić information content (AvgIpc) is 3.19. The molecule has 1 heterocycles. The van der Waals surface area contributed by atoms with Crippen molar-refractivity contribution in [2.45, 2.75) is 46.7 Å². The number of hydrogen-bond acceptors (Lipinski definition) is 2. The van der Waals surface area contributed by atoms with Gasteiger partial charge in [-0.3, -0.25) is 4.79 Å². The number of H-pyrrole nitrogens is 1. The Morgan fingerprint density at radius 3 is 2.47 bits per heavy atom. The van der Waals surface area contributed by atoms with E-state index in [4.69, 9.17) is 0 Å². The average molecular weight is 435 g/mol. The van der Waals surface area contributed by atoms with Gasteiger partial charge in [0.2, 0.25) is 5.91 Å². The third-order valence-electron chi connectivity index (χ3n) is 5.69. The summed E-state index contributed by atoms with van der Waals surface area (Å²) in [7, 11) is 0. The summed E-state index contributed by atoms with van der Waals surface area (Å²) in [6, 6.07) is 16.2. The zero-order valence-corrected chi connectivity index (χ0v) is 19.5. The van der Waals surface area contributed by atoms with Gasteiger partial charge in [0.15, 0.2) is 0 Å². The van der Waals surface area contributed by atoms with Crippen molar-refractivity contribution < 1.29 is 9.59 Å². The highest BCUT2D eigenvalue weighted by Crippen LogP contribution is 2.19. The summed E-state index contributed by atoms with van der Waals surface area (Å²) in [6.45, 7) is 9.48. The van der Waals surface area contributed by atoms with Crippen LogP contribution in [0.15, 0.2) is 54.7 Å². The zero-order valence-electron chi connectivity index (χ0n) is 19.5. The lowest BCUT2D eigenvalue weighted by molar-refractivity contribution is -0.132. The number of amides is 3. The van der Waals surface area contributed by atoms with Crippen LogP contribution in [0.1, 0.15) is 37.5 Å². The Bertz CT molecular complexity index is 1040. The van der Waals surface area contributed by atoms with Gasteiger partial charge in [-0.15, -0.1) is 0 Å². The van der Waals surface area contributed by atoms with Crippen molar-refractivity contribution in [3.63, 3.8) is 0 Å². The summed E-state index contributed by atoms with van der Waals surface area (Å²) in [5.41, 5.74) is 4.55. The van der Waals surface area contributed by atoms with Crippen LogP contribution in [0.25, 0.3) is 10.9 Å². The van der Waals surface area contributed by atoms with E-state index in [0.717, 1.165) is 17.5 Å². The first-order valence-electron chi connectivity index (χ1n) is 11.3. The highest BCUT2D eigenvalue weighted by Gasteiger charge is 2.23. The number of hydrogen-bond donors (Lipinski definition) is 2. The van der Waals surface area contributed by atoms with Crippen molar-refractivity contribution in [3.05, 3.63) is 71.4 Å². The Morgan fingerprint density at radius 2 is 1.78 bits per heavy atom. The van der Waals surface area contributed by atoms with Gasteiger partial charge in [-0.2, -0.15) is 0 Å². The lowest BCUT2D eigenvalue weighted by Gasteiger charge is -2.30. The van der Waals surface area contributed by atoms with Gasteiger partial charge >= 0.3 is 6.03 Å². The number of rotatable bonds is 9. The fourth-order valence-electron chi connectivity index (χ4n) is 3.79. The summed E-state index contributed by atoms with van der Waals surface area (Å²) in [6.07, 6.45) is 2.76. The highest BCUT2D eigenvalue weighted by molar-refractivity contribution is 5.85. The lowest BCUT2D eigenvalue weighted by Crippen LogP contribution is -2.49. The number of carbonyl (C=O) groups is 2. The van der Waals surface area contributed by atoms with E-state index in [9.17, 15) is 9.59 Å². The number of nitrogens with zero attached hydrogens (tertiary/aromatic N) is 2. The minimum atomic E-state index is -0.206. The van der Waals surface area contributed by atoms with Crippen LogP contribution >= 0.6 is 0 Å². The number of benzene rings is 2. The van der Waals surface area contributed by atoms with Crippen molar-refractivity contribution in [3.8, 4) is 0 Å². The fourth-order valence-corrected chi connectivity index (χ4v) is 3.79. The molecule has 3 rings (SSSR count). The number of aromatic nitrogens is 1. The summed E-state index contributed by atoms with van der Waals surface area (Å²) in [5, 5.41) is 4.00. The number of carbonyl (C=O) groups excluding carboxylic acids is 2. The van der Waals surface area contributed by atoms with E-state index in [0.29, 0.717) is 19.6 Å². The van der Waals surface area contributed by atoms with Crippen LogP contribution < -0.4 is 5.32 Å². The number of fused-ring (bicyclic) bond motifs is 1.